The number of nitrogens with one attached hydrogen (secondary N) is 1. The number of ether oxygens (including phenoxy) is 1. The lowest BCUT2D eigenvalue weighted by atomic mass is 10.2. The Balaban J connectivity index is 2.07. The van der Waals surface area contributed by atoms with Gasteiger partial charge in [0.05, 0.1) is 11.6 Å². The molecule has 0 aliphatic carbocycles. The number of benzene rings is 1. The average Bonchev–Trinajstić information content (AvgIpc) is 2.89. The molecule has 21 heavy (non-hydrogen) atoms. The molecule has 1 amide bonds. The number of aromatic nitrogens is 2. The summed E-state index contributed by atoms with van der Waals surface area (Å²) in [6.45, 7) is 4.43. The number of rotatable bonds is 6. The topological polar surface area (TPSA) is 64.1 Å². The Morgan fingerprint density at radius 1 is 1.43 bits per heavy atom. The van der Waals surface area contributed by atoms with E-state index in [4.69, 9.17) is 16.3 Å². The van der Waals surface area contributed by atoms with Crippen molar-refractivity contribution in [2.24, 2.45) is 0 Å². The number of amides is 1. The normalized spacial score (nSPS) is 10.4. The van der Waals surface area contributed by atoms with Crippen LogP contribution in [0.2, 0.25) is 5.02 Å². The van der Waals surface area contributed by atoms with Gasteiger partial charge in [-0.25, -0.2) is 0 Å². The van der Waals surface area contributed by atoms with Gasteiger partial charge in [0, 0.05) is 5.56 Å². The molecule has 1 aromatic carbocycles. The quantitative estimate of drug-likeness (QED) is 0.635. The highest BCUT2D eigenvalue weighted by Crippen LogP contribution is 2.27. The van der Waals surface area contributed by atoms with Crippen molar-refractivity contribution in [3.8, 4) is 5.75 Å². The van der Waals surface area contributed by atoms with Gasteiger partial charge in [-0.2, -0.15) is 0 Å². The second kappa shape index (κ2) is 7.63. The van der Waals surface area contributed by atoms with Crippen LogP contribution in [0.3, 0.4) is 0 Å². The number of carbonyl (C=O) groups excluding carboxylic acids is 1. The SMILES string of the molecule is CCOc1ccc(C(=O)Nc2nnc(SCC)s2)cc1Cl. The smallest absolute Gasteiger partial charge is 0.257 e. The van der Waals surface area contributed by atoms with Gasteiger partial charge in [0.2, 0.25) is 5.13 Å². The second-order valence-electron chi connectivity index (χ2n) is 3.84. The number of halogens is 1. The third kappa shape index (κ3) is 4.33. The lowest BCUT2D eigenvalue weighted by Gasteiger charge is -2.07. The van der Waals surface area contributed by atoms with Gasteiger partial charge < -0.3 is 4.74 Å². The molecule has 0 fully saturated rings. The lowest BCUT2D eigenvalue weighted by molar-refractivity contribution is 0.102. The fourth-order valence-corrected chi connectivity index (χ4v) is 3.41. The molecule has 0 saturated carbocycles. The first-order valence-electron chi connectivity index (χ1n) is 6.34. The minimum Gasteiger partial charge on any atom is -0.492 e. The molecule has 1 heterocycles. The molecule has 0 unspecified atom stereocenters. The highest BCUT2D eigenvalue weighted by atomic mass is 35.5. The Labute approximate surface area is 136 Å². The van der Waals surface area contributed by atoms with Crippen LogP contribution in [0.25, 0.3) is 0 Å². The Bertz CT molecular complexity index is 634. The molecular weight excluding hydrogens is 330 g/mol. The molecule has 0 radical (unpaired) electrons. The molecule has 0 bridgehead atoms. The summed E-state index contributed by atoms with van der Waals surface area (Å²) in [5.41, 5.74) is 0.448. The van der Waals surface area contributed by atoms with E-state index < -0.39 is 0 Å². The maximum atomic E-state index is 12.1. The number of hydrogen-bond acceptors (Lipinski definition) is 6. The summed E-state index contributed by atoms with van der Waals surface area (Å²) in [4.78, 5) is 12.1. The molecule has 2 aromatic rings. The summed E-state index contributed by atoms with van der Waals surface area (Å²) in [6, 6.07) is 4.92. The first kappa shape index (κ1) is 16.1. The number of thioether (sulfide) groups is 1. The monoisotopic (exact) mass is 343 g/mol. The number of hydrogen-bond donors (Lipinski definition) is 1. The van der Waals surface area contributed by atoms with Crippen LogP contribution in [0.5, 0.6) is 5.75 Å². The van der Waals surface area contributed by atoms with Gasteiger partial charge in [0.1, 0.15) is 5.75 Å². The number of nitrogens with zero attached hydrogens (tertiary/aromatic N) is 2. The zero-order valence-corrected chi connectivity index (χ0v) is 13.9. The van der Waals surface area contributed by atoms with Gasteiger partial charge in [-0.15, -0.1) is 10.2 Å². The van der Waals surface area contributed by atoms with Crippen LogP contribution in [0.1, 0.15) is 24.2 Å². The summed E-state index contributed by atoms with van der Waals surface area (Å²) in [6.07, 6.45) is 0. The van der Waals surface area contributed by atoms with Crippen molar-refractivity contribution in [3.63, 3.8) is 0 Å². The summed E-state index contributed by atoms with van der Waals surface area (Å²) in [5, 5.41) is 11.5. The van der Waals surface area contributed by atoms with Crippen molar-refractivity contribution in [2.45, 2.75) is 18.2 Å². The van der Waals surface area contributed by atoms with E-state index in [0.717, 1.165) is 10.1 Å². The lowest BCUT2D eigenvalue weighted by Crippen LogP contribution is -2.11. The third-order valence-corrected chi connectivity index (χ3v) is 4.54. The van der Waals surface area contributed by atoms with Gasteiger partial charge in [-0.05, 0) is 30.9 Å². The standard InChI is InChI=1S/C13H14ClN3O2S2/c1-3-19-10-6-5-8(7-9(10)14)11(18)15-12-16-17-13(21-12)20-4-2/h5-7H,3-4H2,1-2H3,(H,15,16,18). The van der Waals surface area contributed by atoms with Crippen molar-refractivity contribution in [3.05, 3.63) is 28.8 Å². The molecule has 112 valence electrons. The first-order valence-corrected chi connectivity index (χ1v) is 8.52. The molecule has 5 nitrogen and oxygen atoms in total. The van der Waals surface area contributed by atoms with E-state index in [-0.39, 0.29) is 5.91 Å². The van der Waals surface area contributed by atoms with Crippen LogP contribution in [0.15, 0.2) is 22.5 Å². The van der Waals surface area contributed by atoms with Crippen molar-refractivity contribution < 1.29 is 9.53 Å². The van der Waals surface area contributed by atoms with E-state index in [1.807, 2.05) is 13.8 Å². The minimum absolute atomic E-state index is 0.274. The third-order valence-electron chi connectivity index (χ3n) is 2.39. The predicted octanol–water partition coefficient (Wildman–Crippen LogP) is 3.95. The summed E-state index contributed by atoms with van der Waals surface area (Å²) < 4.78 is 6.16. The maximum absolute atomic E-state index is 12.1. The van der Waals surface area contributed by atoms with Gasteiger partial charge in [0.15, 0.2) is 4.34 Å². The van der Waals surface area contributed by atoms with Crippen LogP contribution < -0.4 is 10.1 Å². The molecule has 0 aliphatic heterocycles. The van der Waals surface area contributed by atoms with Gasteiger partial charge in [0.25, 0.3) is 5.91 Å². The highest BCUT2D eigenvalue weighted by Gasteiger charge is 2.12. The maximum Gasteiger partial charge on any atom is 0.257 e. The van der Waals surface area contributed by atoms with Gasteiger partial charge in [-0.3, -0.25) is 10.1 Å². The Hall–Kier alpha value is -1.31. The van der Waals surface area contributed by atoms with Gasteiger partial charge >= 0.3 is 0 Å². The van der Waals surface area contributed by atoms with E-state index in [0.29, 0.717) is 28.1 Å². The molecule has 1 N–H and O–H groups in total. The largest absolute Gasteiger partial charge is 0.492 e. The van der Waals surface area contributed by atoms with Crippen molar-refractivity contribution in [1.82, 2.24) is 10.2 Å². The minimum atomic E-state index is -0.274. The second-order valence-corrected chi connectivity index (χ2v) is 6.73. The zero-order chi connectivity index (χ0) is 15.2. The summed E-state index contributed by atoms with van der Waals surface area (Å²) in [7, 11) is 0. The Kier molecular flexibility index (Phi) is 5.84. The van der Waals surface area contributed by atoms with Crippen molar-refractivity contribution >= 4 is 45.7 Å². The van der Waals surface area contributed by atoms with Crippen LogP contribution in [0.4, 0.5) is 5.13 Å². The molecule has 2 rings (SSSR count). The first-order chi connectivity index (χ1) is 10.1. The van der Waals surface area contributed by atoms with Gasteiger partial charge in [-0.1, -0.05) is 41.6 Å². The summed E-state index contributed by atoms with van der Waals surface area (Å²) in [5.74, 6) is 1.20. The number of carbonyl (C=O) groups is 1. The zero-order valence-electron chi connectivity index (χ0n) is 11.6. The molecule has 1 aromatic heterocycles. The predicted molar refractivity (Wildman–Crippen MR) is 86.9 cm³/mol. The average molecular weight is 344 g/mol. The van der Waals surface area contributed by atoms with Crippen molar-refractivity contribution in [1.29, 1.82) is 0 Å². The molecule has 0 saturated heterocycles. The Morgan fingerprint density at radius 3 is 2.90 bits per heavy atom. The van der Waals surface area contributed by atoms with Crippen LogP contribution in [-0.4, -0.2) is 28.5 Å². The van der Waals surface area contributed by atoms with Crippen LogP contribution in [0, 0.1) is 0 Å². The fraction of sp³-hybridized carbons (Fsp3) is 0.308. The van der Waals surface area contributed by atoms with Crippen LogP contribution in [-0.2, 0) is 0 Å². The van der Waals surface area contributed by atoms with E-state index >= 15 is 0 Å². The molecule has 0 spiro atoms. The Morgan fingerprint density at radius 2 is 2.24 bits per heavy atom. The molecule has 0 aliphatic rings. The molecule has 0 atom stereocenters. The van der Waals surface area contributed by atoms with E-state index in [9.17, 15) is 4.79 Å². The molecular formula is C13H14ClN3O2S2. The molecule has 8 heteroatoms. The number of anilines is 1. The fourth-order valence-electron chi connectivity index (χ4n) is 1.53. The van der Waals surface area contributed by atoms with Crippen molar-refractivity contribution in [2.75, 3.05) is 17.7 Å². The van der Waals surface area contributed by atoms with E-state index in [1.165, 1.54) is 11.3 Å². The van der Waals surface area contributed by atoms with E-state index in [2.05, 4.69) is 15.5 Å². The van der Waals surface area contributed by atoms with E-state index in [1.54, 1.807) is 30.0 Å². The summed E-state index contributed by atoms with van der Waals surface area (Å²) >= 11 is 9.00. The highest BCUT2D eigenvalue weighted by molar-refractivity contribution is 8.01. The van der Waals surface area contributed by atoms with Crippen LogP contribution >= 0.6 is 34.7 Å².